The molecule has 0 aromatic rings. The molecule has 0 amide bonds. The number of rotatable bonds is 0. The van der Waals surface area contributed by atoms with Crippen molar-refractivity contribution in [3.05, 3.63) is 11.3 Å². The van der Waals surface area contributed by atoms with Crippen LogP contribution < -0.4 is 0 Å². The maximum Gasteiger partial charge on any atom is 0.202 e. The van der Waals surface area contributed by atoms with E-state index in [-0.39, 0.29) is 22.4 Å². The monoisotopic (exact) mass is 330 g/mol. The van der Waals surface area contributed by atoms with Crippen LogP contribution in [0.5, 0.6) is 0 Å². The standard InChI is InChI=1S/C21H30O3/c1-19(2)11-21(4)14-9-10-20(3)13(7-8-16(20)22)12(14)5-6-15(21)17(23)18(19)24/h12-14,23H,5-11H2,1-4H3. The first-order valence-corrected chi connectivity index (χ1v) is 9.62. The van der Waals surface area contributed by atoms with Crippen LogP contribution in [-0.4, -0.2) is 16.7 Å². The van der Waals surface area contributed by atoms with E-state index >= 15 is 0 Å². The predicted molar refractivity (Wildman–Crippen MR) is 92.5 cm³/mol. The van der Waals surface area contributed by atoms with Crippen LogP contribution in [-0.2, 0) is 9.59 Å². The van der Waals surface area contributed by atoms with Crippen molar-refractivity contribution in [3.8, 4) is 0 Å². The third kappa shape index (κ3) is 1.84. The quantitative estimate of drug-likeness (QED) is 0.705. The first-order chi connectivity index (χ1) is 11.1. The molecular formula is C21H30O3. The van der Waals surface area contributed by atoms with Gasteiger partial charge in [-0.2, -0.15) is 0 Å². The molecule has 4 rings (SSSR count). The van der Waals surface area contributed by atoms with Gasteiger partial charge in [0, 0.05) is 17.3 Å². The maximum atomic E-state index is 12.5. The molecule has 0 aromatic heterocycles. The molecule has 0 spiro atoms. The van der Waals surface area contributed by atoms with Crippen LogP contribution in [0.2, 0.25) is 0 Å². The Morgan fingerprint density at radius 3 is 2.29 bits per heavy atom. The Labute approximate surface area is 144 Å². The number of hydrogen-bond acceptors (Lipinski definition) is 3. The Kier molecular flexibility index (Phi) is 3.23. The molecule has 3 saturated carbocycles. The van der Waals surface area contributed by atoms with Gasteiger partial charge in [-0.05, 0) is 67.3 Å². The normalized spacial score (nSPS) is 47.2. The second-order valence-corrected chi connectivity index (χ2v) is 9.97. The van der Waals surface area contributed by atoms with Gasteiger partial charge in [-0.15, -0.1) is 0 Å². The minimum Gasteiger partial charge on any atom is -0.504 e. The summed E-state index contributed by atoms with van der Waals surface area (Å²) < 4.78 is 0. The Morgan fingerprint density at radius 1 is 0.917 bits per heavy atom. The second kappa shape index (κ2) is 4.74. The van der Waals surface area contributed by atoms with Crippen LogP contribution in [0.3, 0.4) is 0 Å². The molecule has 4 aliphatic rings. The topological polar surface area (TPSA) is 54.4 Å². The molecule has 3 heteroatoms. The summed E-state index contributed by atoms with van der Waals surface area (Å²) in [5, 5.41) is 10.6. The fourth-order valence-electron chi connectivity index (χ4n) is 7.16. The molecule has 5 unspecified atom stereocenters. The SMILES string of the molecule is CC1(C)CC2(C)C(=C(O)C1=O)CCC1C3CCC(=O)C3(C)CCC12. The highest BCUT2D eigenvalue weighted by Gasteiger charge is 2.61. The van der Waals surface area contributed by atoms with Crippen LogP contribution in [0.15, 0.2) is 11.3 Å². The molecule has 4 aliphatic carbocycles. The summed E-state index contributed by atoms with van der Waals surface area (Å²) in [5.74, 6) is 2.03. The fraction of sp³-hybridized carbons (Fsp3) is 0.810. The Hall–Kier alpha value is -1.12. The Bertz CT molecular complexity index is 658. The molecule has 0 heterocycles. The van der Waals surface area contributed by atoms with E-state index in [1.807, 2.05) is 13.8 Å². The van der Waals surface area contributed by atoms with Gasteiger partial charge in [-0.25, -0.2) is 0 Å². The van der Waals surface area contributed by atoms with Crippen LogP contribution in [0.1, 0.15) is 72.6 Å². The van der Waals surface area contributed by atoms with Crippen LogP contribution in [0, 0.1) is 34.0 Å². The maximum absolute atomic E-state index is 12.5. The van der Waals surface area contributed by atoms with E-state index in [0.717, 1.165) is 50.5 Å². The van der Waals surface area contributed by atoms with Crippen molar-refractivity contribution in [3.63, 3.8) is 0 Å². The first-order valence-electron chi connectivity index (χ1n) is 9.62. The number of ketones is 2. The van der Waals surface area contributed by atoms with Crippen molar-refractivity contribution in [2.24, 2.45) is 34.0 Å². The molecule has 0 aromatic carbocycles. The van der Waals surface area contributed by atoms with Crippen molar-refractivity contribution in [1.82, 2.24) is 0 Å². The molecule has 1 N–H and O–H groups in total. The number of hydrogen-bond donors (Lipinski definition) is 1. The van der Waals surface area contributed by atoms with E-state index in [1.54, 1.807) is 0 Å². The number of carbonyl (C=O) groups is 2. The zero-order valence-electron chi connectivity index (χ0n) is 15.4. The van der Waals surface area contributed by atoms with E-state index in [9.17, 15) is 14.7 Å². The summed E-state index contributed by atoms with van der Waals surface area (Å²) in [6.07, 6.45) is 6.51. The van der Waals surface area contributed by atoms with Crippen LogP contribution in [0.25, 0.3) is 0 Å². The van der Waals surface area contributed by atoms with E-state index < -0.39 is 5.41 Å². The van der Waals surface area contributed by atoms with Crippen LogP contribution >= 0.6 is 0 Å². The number of fused-ring (bicyclic) bond motifs is 5. The van der Waals surface area contributed by atoms with E-state index in [0.29, 0.717) is 23.5 Å². The molecule has 0 radical (unpaired) electrons. The van der Waals surface area contributed by atoms with Crippen molar-refractivity contribution >= 4 is 11.6 Å². The zero-order chi connectivity index (χ0) is 17.5. The van der Waals surface area contributed by atoms with Gasteiger partial charge in [-0.3, -0.25) is 9.59 Å². The van der Waals surface area contributed by atoms with Gasteiger partial charge < -0.3 is 5.11 Å². The minimum absolute atomic E-state index is 0.0584. The molecule has 0 saturated heterocycles. The highest BCUT2D eigenvalue weighted by molar-refractivity contribution is 5.99. The average molecular weight is 330 g/mol. The van der Waals surface area contributed by atoms with E-state index in [1.165, 1.54) is 0 Å². The molecule has 5 atom stereocenters. The van der Waals surface area contributed by atoms with Gasteiger partial charge in [0.1, 0.15) is 5.78 Å². The highest BCUT2D eigenvalue weighted by atomic mass is 16.3. The lowest BCUT2D eigenvalue weighted by Gasteiger charge is -2.58. The number of carbonyl (C=O) groups excluding carboxylic acids is 2. The third-order valence-corrected chi connectivity index (χ3v) is 8.31. The van der Waals surface area contributed by atoms with Crippen molar-refractivity contribution in [2.75, 3.05) is 0 Å². The molecule has 24 heavy (non-hydrogen) atoms. The lowest BCUT2D eigenvalue weighted by molar-refractivity contribution is -0.136. The first kappa shape index (κ1) is 16.4. The second-order valence-electron chi connectivity index (χ2n) is 9.97. The number of Topliss-reactive ketones (excluding diaryl/α,β-unsaturated/α-hetero) is 2. The van der Waals surface area contributed by atoms with Crippen molar-refractivity contribution in [1.29, 1.82) is 0 Å². The molecule has 0 aliphatic heterocycles. The summed E-state index contributed by atoms with van der Waals surface area (Å²) in [6, 6.07) is 0. The largest absolute Gasteiger partial charge is 0.504 e. The molecule has 3 nitrogen and oxygen atoms in total. The van der Waals surface area contributed by atoms with Crippen LogP contribution in [0.4, 0.5) is 0 Å². The van der Waals surface area contributed by atoms with Gasteiger partial charge in [0.2, 0.25) is 5.78 Å². The zero-order valence-corrected chi connectivity index (χ0v) is 15.4. The fourth-order valence-corrected chi connectivity index (χ4v) is 7.16. The number of allylic oxidation sites excluding steroid dienone is 1. The molecule has 0 bridgehead atoms. The van der Waals surface area contributed by atoms with Crippen molar-refractivity contribution < 1.29 is 14.7 Å². The summed E-state index contributed by atoms with van der Waals surface area (Å²) in [4.78, 5) is 25.0. The molecule has 3 fully saturated rings. The lowest BCUT2D eigenvalue weighted by atomic mass is 9.45. The van der Waals surface area contributed by atoms with E-state index in [4.69, 9.17) is 0 Å². The minimum atomic E-state index is -0.490. The molecular weight excluding hydrogens is 300 g/mol. The smallest absolute Gasteiger partial charge is 0.202 e. The third-order valence-electron chi connectivity index (χ3n) is 8.31. The summed E-state index contributed by atoms with van der Waals surface area (Å²) in [7, 11) is 0. The van der Waals surface area contributed by atoms with Gasteiger partial charge in [-0.1, -0.05) is 27.7 Å². The Balaban J connectivity index is 1.77. The number of aliphatic hydroxyl groups is 1. The summed E-state index contributed by atoms with van der Waals surface area (Å²) in [5.41, 5.74) is 0.329. The Morgan fingerprint density at radius 2 is 1.58 bits per heavy atom. The van der Waals surface area contributed by atoms with Gasteiger partial charge >= 0.3 is 0 Å². The predicted octanol–water partition coefficient (Wildman–Crippen LogP) is 4.61. The van der Waals surface area contributed by atoms with Gasteiger partial charge in [0.15, 0.2) is 5.76 Å². The van der Waals surface area contributed by atoms with Crippen molar-refractivity contribution in [2.45, 2.75) is 72.6 Å². The van der Waals surface area contributed by atoms with E-state index in [2.05, 4.69) is 13.8 Å². The lowest BCUT2D eigenvalue weighted by Crippen LogP contribution is -2.53. The summed E-state index contributed by atoms with van der Waals surface area (Å²) in [6.45, 7) is 8.43. The van der Waals surface area contributed by atoms with Gasteiger partial charge in [0.05, 0.1) is 0 Å². The van der Waals surface area contributed by atoms with Gasteiger partial charge in [0.25, 0.3) is 0 Å². The highest BCUT2D eigenvalue weighted by Crippen LogP contribution is 2.66. The number of aliphatic hydroxyl groups excluding tert-OH is 1. The molecule has 132 valence electrons. The summed E-state index contributed by atoms with van der Waals surface area (Å²) >= 11 is 0. The average Bonchev–Trinajstić information content (AvgIpc) is 2.80.